The van der Waals surface area contributed by atoms with E-state index in [4.69, 9.17) is 9.26 Å². The van der Waals surface area contributed by atoms with E-state index in [9.17, 15) is 0 Å². The standard InChI is InChI=1S/C15H20N2O2/c1-3-12-7-5-6-8-15(12)18-11-14-9-13(17-19-14)10-16-4-2/h5-9,16H,3-4,10-11H2,1-2H3. The molecule has 0 saturated carbocycles. The largest absolute Gasteiger partial charge is 0.485 e. The molecule has 1 heterocycles. The van der Waals surface area contributed by atoms with Crippen LogP contribution in [-0.2, 0) is 19.6 Å². The van der Waals surface area contributed by atoms with Gasteiger partial charge in [0.2, 0.25) is 0 Å². The Hall–Kier alpha value is -1.81. The van der Waals surface area contributed by atoms with Gasteiger partial charge in [0.15, 0.2) is 5.76 Å². The normalized spacial score (nSPS) is 10.6. The van der Waals surface area contributed by atoms with Crippen LogP contribution in [0.1, 0.15) is 30.9 Å². The minimum absolute atomic E-state index is 0.413. The van der Waals surface area contributed by atoms with Gasteiger partial charge in [-0.2, -0.15) is 0 Å². The summed E-state index contributed by atoms with van der Waals surface area (Å²) in [5.41, 5.74) is 2.11. The van der Waals surface area contributed by atoms with Gasteiger partial charge in [-0.15, -0.1) is 0 Å². The summed E-state index contributed by atoms with van der Waals surface area (Å²) in [6, 6.07) is 9.98. The third kappa shape index (κ3) is 3.83. The molecule has 0 bridgehead atoms. The van der Waals surface area contributed by atoms with Crippen LogP contribution in [0.3, 0.4) is 0 Å². The Morgan fingerprint density at radius 3 is 2.89 bits per heavy atom. The molecule has 102 valence electrons. The molecule has 1 aromatic carbocycles. The zero-order chi connectivity index (χ0) is 13.5. The number of para-hydroxylation sites is 1. The molecular weight excluding hydrogens is 240 g/mol. The highest BCUT2D eigenvalue weighted by Crippen LogP contribution is 2.19. The summed E-state index contributed by atoms with van der Waals surface area (Å²) in [7, 11) is 0. The van der Waals surface area contributed by atoms with E-state index in [0.29, 0.717) is 6.61 Å². The van der Waals surface area contributed by atoms with Gasteiger partial charge in [0.05, 0.1) is 5.69 Å². The van der Waals surface area contributed by atoms with E-state index in [1.54, 1.807) is 0 Å². The lowest BCUT2D eigenvalue weighted by molar-refractivity contribution is 0.246. The number of benzene rings is 1. The van der Waals surface area contributed by atoms with Crippen LogP contribution < -0.4 is 10.1 Å². The topological polar surface area (TPSA) is 47.3 Å². The van der Waals surface area contributed by atoms with Crippen molar-refractivity contribution in [3.63, 3.8) is 0 Å². The number of hydrogen-bond acceptors (Lipinski definition) is 4. The number of nitrogens with one attached hydrogen (secondary N) is 1. The Labute approximate surface area is 113 Å². The molecule has 1 N–H and O–H groups in total. The lowest BCUT2D eigenvalue weighted by atomic mass is 10.1. The van der Waals surface area contributed by atoms with Crippen molar-refractivity contribution in [3.05, 3.63) is 47.3 Å². The summed E-state index contributed by atoms with van der Waals surface area (Å²) in [4.78, 5) is 0. The molecule has 4 nitrogen and oxygen atoms in total. The second-order valence-corrected chi connectivity index (χ2v) is 4.31. The van der Waals surface area contributed by atoms with Crippen molar-refractivity contribution in [3.8, 4) is 5.75 Å². The highest BCUT2D eigenvalue weighted by molar-refractivity contribution is 5.33. The van der Waals surface area contributed by atoms with Crippen LogP contribution >= 0.6 is 0 Å². The minimum atomic E-state index is 0.413. The molecule has 2 rings (SSSR count). The maximum atomic E-state index is 5.78. The molecule has 0 saturated heterocycles. The van der Waals surface area contributed by atoms with Gasteiger partial charge in [0.1, 0.15) is 12.4 Å². The van der Waals surface area contributed by atoms with Crippen LogP contribution in [-0.4, -0.2) is 11.7 Å². The van der Waals surface area contributed by atoms with Crippen LogP contribution in [0.5, 0.6) is 5.75 Å². The maximum absolute atomic E-state index is 5.78. The molecule has 4 heteroatoms. The van der Waals surface area contributed by atoms with E-state index in [2.05, 4.69) is 30.4 Å². The molecule has 1 aromatic heterocycles. The second-order valence-electron chi connectivity index (χ2n) is 4.31. The predicted molar refractivity (Wildman–Crippen MR) is 74.0 cm³/mol. The van der Waals surface area contributed by atoms with Gasteiger partial charge < -0.3 is 14.6 Å². The Bertz CT molecular complexity index is 508. The number of aromatic nitrogens is 1. The van der Waals surface area contributed by atoms with E-state index in [1.807, 2.05) is 24.3 Å². The molecule has 0 aliphatic rings. The van der Waals surface area contributed by atoms with E-state index in [1.165, 1.54) is 5.56 Å². The molecule has 0 amide bonds. The van der Waals surface area contributed by atoms with E-state index >= 15 is 0 Å². The molecular formula is C15H20N2O2. The van der Waals surface area contributed by atoms with Crippen LogP contribution in [0, 0.1) is 0 Å². The smallest absolute Gasteiger partial charge is 0.174 e. The Morgan fingerprint density at radius 1 is 1.26 bits per heavy atom. The number of rotatable bonds is 7. The lowest BCUT2D eigenvalue weighted by Gasteiger charge is -2.08. The molecule has 0 spiro atoms. The third-order valence-electron chi connectivity index (χ3n) is 2.89. The van der Waals surface area contributed by atoms with Gasteiger partial charge in [-0.25, -0.2) is 0 Å². The van der Waals surface area contributed by atoms with Crippen molar-refractivity contribution in [1.82, 2.24) is 10.5 Å². The average Bonchev–Trinajstić information content (AvgIpc) is 2.91. The summed E-state index contributed by atoms with van der Waals surface area (Å²) < 4.78 is 11.0. The van der Waals surface area contributed by atoms with Crippen LogP contribution in [0.2, 0.25) is 0 Å². The van der Waals surface area contributed by atoms with Crippen molar-refractivity contribution in [2.75, 3.05) is 6.54 Å². The number of ether oxygens (including phenoxy) is 1. The number of aryl methyl sites for hydroxylation is 1. The molecule has 0 unspecified atom stereocenters. The molecule has 19 heavy (non-hydrogen) atoms. The summed E-state index contributed by atoms with van der Waals surface area (Å²) in [5, 5.41) is 7.20. The van der Waals surface area contributed by atoms with Gasteiger partial charge in [-0.05, 0) is 24.6 Å². The molecule has 0 atom stereocenters. The molecule has 0 radical (unpaired) electrons. The zero-order valence-corrected chi connectivity index (χ0v) is 11.5. The van der Waals surface area contributed by atoms with Crippen LogP contribution in [0.4, 0.5) is 0 Å². The van der Waals surface area contributed by atoms with Crippen molar-refractivity contribution in [1.29, 1.82) is 0 Å². The van der Waals surface area contributed by atoms with Crippen molar-refractivity contribution >= 4 is 0 Å². The van der Waals surface area contributed by atoms with Gasteiger partial charge in [0, 0.05) is 12.6 Å². The zero-order valence-electron chi connectivity index (χ0n) is 11.5. The van der Waals surface area contributed by atoms with Gasteiger partial charge in [0.25, 0.3) is 0 Å². The summed E-state index contributed by atoms with van der Waals surface area (Å²) in [5.74, 6) is 1.66. The fourth-order valence-electron chi connectivity index (χ4n) is 1.85. The second kappa shape index (κ2) is 6.95. The van der Waals surface area contributed by atoms with Crippen LogP contribution in [0.15, 0.2) is 34.9 Å². The number of hydrogen-bond donors (Lipinski definition) is 1. The fraction of sp³-hybridized carbons (Fsp3) is 0.400. The third-order valence-corrected chi connectivity index (χ3v) is 2.89. The highest BCUT2D eigenvalue weighted by atomic mass is 16.5. The van der Waals surface area contributed by atoms with Gasteiger partial charge in [-0.1, -0.05) is 37.2 Å². The fourth-order valence-corrected chi connectivity index (χ4v) is 1.85. The van der Waals surface area contributed by atoms with E-state index in [-0.39, 0.29) is 0 Å². The summed E-state index contributed by atoms with van der Waals surface area (Å²) >= 11 is 0. The first kappa shape index (κ1) is 13.6. The molecule has 0 aliphatic heterocycles. The van der Waals surface area contributed by atoms with Gasteiger partial charge in [-0.3, -0.25) is 0 Å². The minimum Gasteiger partial charge on any atom is -0.485 e. The van der Waals surface area contributed by atoms with E-state index < -0.39 is 0 Å². The summed E-state index contributed by atoms with van der Waals surface area (Å²) in [6.07, 6.45) is 0.957. The monoisotopic (exact) mass is 260 g/mol. The lowest BCUT2D eigenvalue weighted by Crippen LogP contribution is -2.11. The maximum Gasteiger partial charge on any atom is 0.174 e. The van der Waals surface area contributed by atoms with Gasteiger partial charge >= 0.3 is 0 Å². The van der Waals surface area contributed by atoms with Crippen molar-refractivity contribution in [2.45, 2.75) is 33.4 Å². The average molecular weight is 260 g/mol. The first-order chi connectivity index (χ1) is 9.33. The van der Waals surface area contributed by atoms with E-state index in [0.717, 1.165) is 36.7 Å². The number of nitrogens with zero attached hydrogens (tertiary/aromatic N) is 1. The molecule has 0 aliphatic carbocycles. The Balaban J connectivity index is 1.93. The van der Waals surface area contributed by atoms with Crippen LogP contribution in [0.25, 0.3) is 0 Å². The Kier molecular flexibility index (Phi) is 4.98. The first-order valence-electron chi connectivity index (χ1n) is 6.69. The predicted octanol–water partition coefficient (Wildman–Crippen LogP) is 2.93. The molecule has 2 aromatic rings. The van der Waals surface area contributed by atoms with Crippen molar-refractivity contribution in [2.24, 2.45) is 0 Å². The SMILES string of the molecule is CCNCc1cc(COc2ccccc2CC)on1. The molecule has 0 fully saturated rings. The first-order valence-corrected chi connectivity index (χ1v) is 6.69. The summed E-state index contributed by atoms with van der Waals surface area (Å²) in [6.45, 7) is 6.24. The van der Waals surface area contributed by atoms with Crippen molar-refractivity contribution < 1.29 is 9.26 Å². The Morgan fingerprint density at radius 2 is 2.11 bits per heavy atom. The quantitative estimate of drug-likeness (QED) is 0.831. The highest BCUT2D eigenvalue weighted by Gasteiger charge is 2.06.